The molecule has 0 aliphatic carbocycles. The number of piperidine rings is 1. The van der Waals surface area contributed by atoms with Gasteiger partial charge < -0.3 is 29.4 Å². The number of nitrogens with zero attached hydrogens (tertiary/aromatic N) is 2. The van der Waals surface area contributed by atoms with Crippen LogP contribution in [0.3, 0.4) is 0 Å². The number of carbonyl (C=O) groups excluding carboxylic acids is 1. The Labute approximate surface area is 220 Å². The van der Waals surface area contributed by atoms with Gasteiger partial charge in [-0.25, -0.2) is 4.98 Å². The first-order chi connectivity index (χ1) is 18.5. The van der Waals surface area contributed by atoms with Crippen LogP contribution in [-0.2, 0) is 4.79 Å². The Balaban J connectivity index is 1.21. The van der Waals surface area contributed by atoms with E-state index >= 15 is 0 Å². The van der Waals surface area contributed by atoms with Crippen molar-refractivity contribution in [3.8, 4) is 28.6 Å². The molecule has 5 rings (SSSR count). The van der Waals surface area contributed by atoms with Crippen LogP contribution in [0.15, 0.2) is 65.5 Å². The van der Waals surface area contributed by atoms with Gasteiger partial charge in [-0.05, 0) is 67.8 Å². The fourth-order valence-corrected chi connectivity index (χ4v) is 4.59. The van der Waals surface area contributed by atoms with Gasteiger partial charge in [0.25, 0.3) is 11.5 Å². The number of hydrogen-bond acceptors (Lipinski definition) is 7. The van der Waals surface area contributed by atoms with Gasteiger partial charge in [0.05, 0.1) is 19.7 Å². The minimum atomic E-state index is -0.314. The quantitative estimate of drug-likeness (QED) is 0.354. The molecular weight excluding hydrogens is 484 g/mol. The van der Waals surface area contributed by atoms with Crippen LogP contribution in [0.4, 0.5) is 11.4 Å². The molecule has 2 N–H and O–H groups in total. The summed E-state index contributed by atoms with van der Waals surface area (Å²) in [6.45, 7) is 2.03. The summed E-state index contributed by atoms with van der Waals surface area (Å²) in [5.41, 5.74) is 2.75. The number of amides is 1. The number of carbonyl (C=O) groups is 1. The summed E-state index contributed by atoms with van der Waals surface area (Å²) in [6, 6.07) is 18.2. The highest BCUT2D eigenvalue weighted by Crippen LogP contribution is 2.29. The number of rotatable bonds is 8. The summed E-state index contributed by atoms with van der Waals surface area (Å²) in [4.78, 5) is 34.9. The Hall–Kier alpha value is -4.53. The van der Waals surface area contributed by atoms with Crippen LogP contribution in [0.2, 0.25) is 0 Å². The lowest BCUT2D eigenvalue weighted by Gasteiger charge is -2.28. The van der Waals surface area contributed by atoms with E-state index in [0.29, 0.717) is 39.5 Å². The Morgan fingerprint density at radius 2 is 1.68 bits per heavy atom. The summed E-state index contributed by atoms with van der Waals surface area (Å²) in [5.74, 6) is 1.60. The number of fused-ring (bicyclic) bond motifs is 1. The summed E-state index contributed by atoms with van der Waals surface area (Å²) in [7, 11) is 3.03. The van der Waals surface area contributed by atoms with Crippen molar-refractivity contribution < 1.29 is 19.0 Å². The zero-order valence-electron chi connectivity index (χ0n) is 21.5. The molecule has 1 aliphatic rings. The van der Waals surface area contributed by atoms with Gasteiger partial charge in [-0.1, -0.05) is 0 Å². The topological polar surface area (TPSA) is 106 Å². The van der Waals surface area contributed by atoms with E-state index in [4.69, 9.17) is 14.2 Å². The zero-order chi connectivity index (χ0) is 26.5. The summed E-state index contributed by atoms with van der Waals surface area (Å²) in [6.07, 6.45) is 3.73. The molecule has 38 heavy (non-hydrogen) atoms. The zero-order valence-corrected chi connectivity index (χ0v) is 21.5. The van der Waals surface area contributed by atoms with Crippen molar-refractivity contribution in [3.63, 3.8) is 0 Å². The lowest BCUT2D eigenvalue weighted by atomic mass is 10.1. The van der Waals surface area contributed by atoms with Crippen molar-refractivity contribution in [2.24, 2.45) is 0 Å². The maximum absolute atomic E-state index is 12.8. The number of hydrogen-bond donors (Lipinski definition) is 2. The monoisotopic (exact) mass is 514 g/mol. The molecule has 0 saturated carbocycles. The number of nitrogens with one attached hydrogen (secondary N) is 2. The molecule has 0 spiro atoms. The average Bonchev–Trinajstić information content (AvgIpc) is 2.96. The highest BCUT2D eigenvalue weighted by molar-refractivity contribution is 5.92. The summed E-state index contributed by atoms with van der Waals surface area (Å²) >= 11 is 0. The normalized spacial score (nSPS) is 13.3. The molecule has 0 atom stereocenters. The second kappa shape index (κ2) is 11.2. The molecule has 2 heterocycles. The highest BCUT2D eigenvalue weighted by atomic mass is 16.5. The maximum atomic E-state index is 12.8. The largest absolute Gasteiger partial charge is 0.497 e. The average molecular weight is 515 g/mol. The third-order valence-electron chi connectivity index (χ3n) is 6.57. The van der Waals surface area contributed by atoms with Crippen LogP contribution in [-0.4, -0.2) is 49.8 Å². The number of aromatic amines is 1. The van der Waals surface area contributed by atoms with E-state index in [9.17, 15) is 9.59 Å². The summed E-state index contributed by atoms with van der Waals surface area (Å²) in [5, 5.41) is 3.22. The highest BCUT2D eigenvalue weighted by Gasteiger charge is 2.14. The Kier molecular flexibility index (Phi) is 7.44. The van der Waals surface area contributed by atoms with E-state index in [1.807, 2.05) is 24.3 Å². The number of H-pyrrole nitrogens is 1. The smallest absolute Gasteiger partial charge is 0.262 e. The number of anilines is 2. The van der Waals surface area contributed by atoms with Crippen molar-refractivity contribution >= 4 is 28.2 Å². The molecule has 0 bridgehead atoms. The molecule has 1 aromatic heterocycles. The Morgan fingerprint density at radius 3 is 2.37 bits per heavy atom. The van der Waals surface area contributed by atoms with E-state index in [0.717, 1.165) is 18.8 Å². The first-order valence-corrected chi connectivity index (χ1v) is 12.6. The molecule has 4 aromatic rings. The molecule has 9 nitrogen and oxygen atoms in total. The van der Waals surface area contributed by atoms with Gasteiger partial charge in [-0.3, -0.25) is 9.59 Å². The van der Waals surface area contributed by atoms with E-state index < -0.39 is 0 Å². The molecule has 196 valence electrons. The fraction of sp³-hybridized carbons (Fsp3) is 0.276. The minimum Gasteiger partial charge on any atom is -0.497 e. The van der Waals surface area contributed by atoms with Crippen LogP contribution < -0.4 is 30.0 Å². The van der Waals surface area contributed by atoms with Crippen molar-refractivity contribution in [1.82, 2.24) is 9.97 Å². The van der Waals surface area contributed by atoms with Gasteiger partial charge >= 0.3 is 0 Å². The molecular formula is C29H30N4O5. The van der Waals surface area contributed by atoms with Crippen molar-refractivity contribution in [1.29, 1.82) is 0 Å². The number of methoxy groups -OCH3 is 2. The predicted molar refractivity (Wildman–Crippen MR) is 148 cm³/mol. The first kappa shape index (κ1) is 25.1. The third kappa shape index (κ3) is 5.56. The molecule has 3 aromatic carbocycles. The van der Waals surface area contributed by atoms with E-state index in [-0.39, 0.29) is 18.1 Å². The van der Waals surface area contributed by atoms with Crippen LogP contribution >= 0.6 is 0 Å². The third-order valence-corrected chi connectivity index (χ3v) is 6.57. The molecule has 1 aliphatic heterocycles. The molecule has 1 fully saturated rings. The van der Waals surface area contributed by atoms with Crippen LogP contribution in [0.25, 0.3) is 22.3 Å². The van der Waals surface area contributed by atoms with Crippen LogP contribution in [0.5, 0.6) is 17.2 Å². The second-order valence-corrected chi connectivity index (χ2v) is 9.09. The van der Waals surface area contributed by atoms with Gasteiger partial charge in [0, 0.05) is 42.2 Å². The molecule has 0 radical (unpaired) electrons. The molecule has 9 heteroatoms. The lowest BCUT2D eigenvalue weighted by Crippen LogP contribution is -2.29. The van der Waals surface area contributed by atoms with Crippen molar-refractivity contribution in [3.05, 3.63) is 71.0 Å². The van der Waals surface area contributed by atoms with Crippen molar-refractivity contribution in [2.45, 2.75) is 19.3 Å². The molecule has 1 amide bonds. The van der Waals surface area contributed by atoms with Gasteiger partial charge in [0.2, 0.25) is 0 Å². The summed E-state index contributed by atoms with van der Waals surface area (Å²) < 4.78 is 16.3. The standard InChI is InChI=1S/C29H30N4O5/c1-36-23-16-24-27(25(17-23)37-2)29(35)32-28(31-24)19-6-12-22(13-7-19)38-18-26(34)30-20-8-10-21(11-9-20)33-14-4-3-5-15-33/h6-13,16-17H,3-5,14-15,18H2,1-2H3,(H,30,34)(H,31,32,35). The Morgan fingerprint density at radius 1 is 0.947 bits per heavy atom. The van der Waals surface area contributed by atoms with Crippen LogP contribution in [0.1, 0.15) is 19.3 Å². The van der Waals surface area contributed by atoms with Gasteiger partial charge in [-0.15, -0.1) is 0 Å². The fourth-order valence-electron chi connectivity index (χ4n) is 4.59. The predicted octanol–water partition coefficient (Wildman–Crippen LogP) is 4.62. The lowest BCUT2D eigenvalue weighted by molar-refractivity contribution is -0.118. The molecule has 0 unspecified atom stereocenters. The number of ether oxygens (including phenoxy) is 3. The SMILES string of the molecule is COc1cc(OC)c2c(=O)[nH]c(-c3ccc(OCC(=O)Nc4ccc(N5CCCCC5)cc4)cc3)nc2c1. The van der Waals surface area contributed by atoms with Gasteiger partial charge in [0.1, 0.15) is 28.5 Å². The van der Waals surface area contributed by atoms with Gasteiger partial charge in [0.15, 0.2) is 6.61 Å². The number of aromatic nitrogens is 2. The number of benzene rings is 3. The Bertz CT molecular complexity index is 1480. The van der Waals surface area contributed by atoms with Crippen molar-refractivity contribution in [2.75, 3.05) is 44.1 Å². The second-order valence-electron chi connectivity index (χ2n) is 9.09. The minimum absolute atomic E-state index is 0.127. The van der Waals surface area contributed by atoms with Crippen LogP contribution in [0, 0.1) is 0 Å². The first-order valence-electron chi connectivity index (χ1n) is 12.6. The van der Waals surface area contributed by atoms with E-state index in [2.05, 4.69) is 20.2 Å². The van der Waals surface area contributed by atoms with E-state index in [1.165, 1.54) is 32.1 Å². The van der Waals surface area contributed by atoms with Gasteiger partial charge in [-0.2, -0.15) is 0 Å². The maximum Gasteiger partial charge on any atom is 0.262 e. The van der Waals surface area contributed by atoms with E-state index in [1.54, 1.807) is 43.5 Å². The molecule has 1 saturated heterocycles.